The molecule has 27 heavy (non-hydrogen) atoms. The molecule has 0 fully saturated rings. The molecule has 1 aromatic heterocycles. The zero-order chi connectivity index (χ0) is 19.4. The first-order valence-corrected chi connectivity index (χ1v) is 9.43. The van der Waals surface area contributed by atoms with Crippen LogP contribution in [0.2, 0.25) is 0 Å². The smallest absolute Gasteiger partial charge is 0.287 e. The summed E-state index contributed by atoms with van der Waals surface area (Å²) in [5, 5.41) is 0.298. The number of methoxy groups -OCH3 is 1. The predicted molar refractivity (Wildman–Crippen MR) is 107 cm³/mol. The van der Waals surface area contributed by atoms with E-state index in [4.69, 9.17) is 4.74 Å². The van der Waals surface area contributed by atoms with Gasteiger partial charge >= 0.3 is 0 Å². The molecule has 0 aliphatic rings. The van der Waals surface area contributed by atoms with E-state index in [0.29, 0.717) is 16.3 Å². The molecule has 3 aromatic rings. The molecule has 0 spiro atoms. The number of carbonyl (C=O) groups excluding carboxylic acids is 1. The number of thioether (sulfide) groups is 1. The first-order valence-electron chi connectivity index (χ1n) is 8.45. The van der Waals surface area contributed by atoms with E-state index < -0.39 is 0 Å². The fraction of sp³-hybridized carbons (Fsp3) is 0.190. The van der Waals surface area contributed by atoms with Gasteiger partial charge in [0.1, 0.15) is 5.75 Å². The molecule has 0 unspecified atom stereocenters. The minimum Gasteiger partial charge on any atom is -0.497 e. The van der Waals surface area contributed by atoms with Gasteiger partial charge in [-0.25, -0.2) is 4.98 Å². The van der Waals surface area contributed by atoms with Gasteiger partial charge in [-0.05, 0) is 49.7 Å². The lowest BCUT2D eigenvalue weighted by Gasteiger charge is -2.09. The van der Waals surface area contributed by atoms with E-state index in [1.54, 1.807) is 43.8 Å². The Labute approximate surface area is 162 Å². The molecular formula is C21H20N2O3S. The van der Waals surface area contributed by atoms with E-state index in [2.05, 4.69) is 4.98 Å². The van der Waals surface area contributed by atoms with Crippen LogP contribution in [0, 0.1) is 13.8 Å². The standard InChI is InChI=1S/C21H20N2O3S/c1-14-4-5-15(2)18(12-14)19(24)13-27-20-21(25)23(11-10-22-20)16-6-8-17(26-3)9-7-16/h4-12H,13H2,1-3H3. The Morgan fingerprint density at radius 1 is 1.15 bits per heavy atom. The van der Waals surface area contributed by atoms with Gasteiger partial charge < -0.3 is 4.74 Å². The average Bonchev–Trinajstić information content (AvgIpc) is 2.69. The van der Waals surface area contributed by atoms with E-state index in [1.807, 2.05) is 32.0 Å². The second kappa shape index (κ2) is 8.22. The SMILES string of the molecule is COc1ccc(-n2ccnc(SCC(=O)c3cc(C)ccc3C)c2=O)cc1. The molecule has 0 atom stereocenters. The second-order valence-corrected chi connectivity index (χ2v) is 7.10. The highest BCUT2D eigenvalue weighted by molar-refractivity contribution is 7.99. The van der Waals surface area contributed by atoms with Gasteiger partial charge in [0.15, 0.2) is 10.8 Å². The minimum atomic E-state index is -0.249. The lowest BCUT2D eigenvalue weighted by molar-refractivity contribution is 0.102. The highest BCUT2D eigenvalue weighted by atomic mass is 32.2. The van der Waals surface area contributed by atoms with E-state index >= 15 is 0 Å². The van der Waals surface area contributed by atoms with Crippen LogP contribution >= 0.6 is 11.8 Å². The van der Waals surface area contributed by atoms with Crippen molar-refractivity contribution in [2.75, 3.05) is 12.9 Å². The summed E-state index contributed by atoms with van der Waals surface area (Å²) in [5.74, 6) is 0.871. The number of benzene rings is 2. The Balaban J connectivity index is 1.80. The largest absolute Gasteiger partial charge is 0.497 e. The molecule has 6 heteroatoms. The molecule has 3 rings (SSSR count). The number of ether oxygens (including phenoxy) is 1. The van der Waals surface area contributed by atoms with Crippen molar-refractivity contribution in [1.82, 2.24) is 9.55 Å². The van der Waals surface area contributed by atoms with Crippen LogP contribution in [0.5, 0.6) is 5.75 Å². The summed E-state index contributed by atoms with van der Waals surface area (Å²) in [6.07, 6.45) is 3.18. The number of ketones is 1. The van der Waals surface area contributed by atoms with E-state index in [1.165, 1.54) is 4.57 Å². The number of hydrogen-bond donors (Lipinski definition) is 0. The van der Waals surface area contributed by atoms with Crippen LogP contribution in [0.25, 0.3) is 5.69 Å². The fourth-order valence-electron chi connectivity index (χ4n) is 2.69. The zero-order valence-corrected chi connectivity index (χ0v) is 16.2. The number of carbonyl (C=O) groups is 1. The van der Waals surface area contributed by atoms with Crippen LogP contribution in [-0.4, -0.2) is 28.2 Å². The maximum absolute atomic E-state index is 12.7. The van der Waals surface area contributed by atoms with Crippen molar-refractivity contribution in [3.05, 3.63) is 81.9 Å². The number of rotatable bonds is 6. The van der Waals surface area contributed by atoms with Crippen LogP contribution in [0.1, 0.15) is 21.5 Å². The van der Waals surface area contributed by atoms with Crippen molar-refractivity contribution in [3.63, 3.8) is 0 Å². The summed E-state index contributed by atoms with van der Waals surface area (Å²) in [7, 11) is 1.59. The summed E-state index contributed by atoms with van der Waals surface area (Å²) < 4.78 is 6.65. The van der Waals surface area contributed by atoms with Crippen molar-refractivity contribution < 1.29 is 9.53 Å². The Kier molecular flexibility index (Phi) is 5.76. The van der Waals surface area contributed by atoms with Crippen LogP contribution in [0.3, 0.4) is 0 Å². The third-order valence-electron chi connectivity index (χ3n) is 4.19. The van der Waals surface area contributed by atoms with Crippen molar-refractivity contribution in [3.8, 4) is 11.4 Å². The lowest BCUT2D eigenvalue weighted by atomic mass is 10.0. The maximum Gasteiger partial charge on any atom is 0.287 e. The summed E-state index contributed by atoms with van der Waals surface area (Å²) in [6.45, 7) is 3.87. The summed E-state index contributed by atoms with van der Waals surface area (Å²) >= 11 is 1.16. The molecule has 0 amide bonds. The molecule has 138 valence electrons. The molecule has 0 aliphatic heterocycles. The zero-order valence-electron chi connectivity index (χ0n) is 15.4. The van der Waals surface area contributed by atoms with Gasteiger partial charge in [-0.3, -0.25) is 14.2 Å². The summed E-state index contributed by atoms with van der Waals surface area (Å²) in [6, 6.07) is 13.0. The fourth-order valence-corrected chi connectivity index (χ4v) is 3.47. The second-order valence-electron chi connectivity index (χ2n) is 6.14. The van der Waals surface area contributed by atoms with Crippen molar-refractivity contribution in [1.29, 1.82) is 0 Å². The molecule has 1 heterocycles. The van der Waals surface area contributed by atoms with Crippen molar-refractivity contribution in [2.24, 2.45) is 0 Å². The quantitative estimate of drug-likeness (QED) is 0.480. The number of nitrogens with zero attached hydrogens (tertiary/aromatic N) is 2. The van der Waals surface area contributed by atoms with Crippen LogP contribution in [-0.2, 0) is 0 Å². The molecule has 0 N–H and O–H groups in total. The number of aryl methyl sites for hydroxylation is 2. The van der Waals surface area contributed by atoms with Gasteiger partial charge in [0.05, 0.1) is 12.9 Å². The van der Waals surface area contributed by atoms with Crippen LogP contribution < -0.4 is 10.3 Å². The third-order valence-corrected chi connectivity index (χ3v) is 5.15. The first kappa shape index (κ1) is 18.9. The molecule has 0 radical (unpaired) electrons. The maximum atomic E-state index is 12.7. The van der Waals surface area contributed by atoms with Gasteiger partial charge in [0, 0.05) is 23.6 Å². The lowest BCUT2D eigenvalue weighted by Crippen LogP contribution is -2.21. The van der Waals surface area contributed by atoms with Gasteiger partial charge in [-0.15, -0.1) is 0 Å². The number of Topliss-reactive ketones (excluding diaryl/α,β-unsaturated/α-hetero) is 1. The first-order chi connectivity index (χ1) is 13.0. The molecule has 5 nitrogen and oxygen atoms in total. The molecule has 0 aliphatic carbocycles. The molecule has 0 bridgehead atoms. The van der Waals surface area contributed by atoms with E-state index in [-0.39, 0.29) is 17.1 Å². The number of hydrogen-bond acceptors (Lipinski definition) is 5. The van der Waals surface area contributed by atoms with Crippen molar-refractivity contribution in [2.45, 2.75) is 18.9 Å². The number of aromatic nitrogens is 2. The van der Waals surface area contributed by atoms with Crippen LogP contribution in [0.15, 0.2) is 64.7 Å². The topological polar surface area (TPSA) is 61.2 Å². The van der Waals surface area contributed by atoms with Crippen LogP contribution in [0.4, 0.5) is 0 Å². The highest BCUT2D eigenvalue weighted by Crippen LogP contribution is 2.18. The van der Waals surface area contributed by atoms with Gasteiger partial charge in [0.2, 0.25) is 0 Å². The molecular weight excluding hydrogens is 360 g/mol. The van der Waals surface area contributed by atoms with Crippen molar-refractivity contribution >= 4 is 17.5 Å². The van der Waals surface area contributed by atoms with Gasteiger partial charge in [-0.2, -0.15) is 0 Å². The Morgan fingerprint density at radius 3 is 2.59 bits per heavy atom. The normalized spacial score (nSPS) is 10.6. The Hall–Kier alpha value is -2.86. The Morgan fingerprint density at radius 2 is 1.89 bits per heavy atom. The highest BCUT2D eigenvalue weighted by Gasteiger charge is 2.13. The van der Waals surface area contributed by atoms with Gasteiger partial charge in [0.25, 0.3) is 5.56 Å². The predicted octanol–water partition coefficient (Wildman–Crippen LogP) is 3.83. The molecule has 0 saturated carbocycles. The average molecular weight is 380 g/mol. The van der Waals surface area contributed by atoms with Gasteiger partial charge in [-0.1, -0.05) is 29.5 Å². The third kappa shape index (κ3) is 4.28. The van der Waals surface area contributed by atoms with E-state index in [9.17, 15) is 9.59 Å². The minimum absolute atomic E-state index is 0.0118. The molecule has 2 aromatic carbocycles. The Bertz CT molecular complexity index is 1030. The monoisotopic (exact) mass is 380 g/mol. The molecule has 0 saturated heterocycles. The summed E-state index contributed by atoms with van der Waals surface area (Å²) in [4.78, 5) is 29.4. The summed E-state index contributed by atoms with van der Waals surface area (Å²) in [5.41, 5.74) is 3.12. The van der Waals surface area contributed by atoms with E-state index in [0.717, 1.165) is 28.6 Å².